The number of likely N-dealkylation sites (tertiary alicyclic amines) is 1. The Morgan fingerprint density at radius 2 is 1.90 bits per heavy atom. The number of hydrogen-bond donors (Lipinski definition) is 2. The van der Waals surface area contributed by atoms with Gasteiger partial charge in [-0.15, -0.1) is 23.1 Å². The van der Waals surface area contributed by atoms with Crippen LogP contribution >= 0.6 is 23.1 Å². The first-order valence-corrected chi connectivity index (χ1v) is 26.1. The summed E-state index contributed by atoms with van der Waals surface area (Å²) < 4.78 is 19.3. The molecule has 8 heterocycles. The normalized spacial score (nSPS) is 23.9. The van der Waals surface area contributed by atoms with E-state index in [1.54, 1.807) is 30.2 Å². The molecule has 6 bridgehead atoms. The third-order valence-electron chi connectivity index (χ3n) is 14.5. The number of ether oxygens (including phenoxy) is 3. The molecule has 2 spiro atoms. The number of benzene rings is 1. The van der Waals surface area contributed by atoms with E-state index in [4.69, 9.17) is 24.2 Å². The monoisotopic (exact) mass is 995 g/mol. The Morgan fingerprint density at radius 1 is 1.11 bits per heavy atom. The third kappa shape index (κ3) is 9.00. The van der Waals surface area contributed by atoms with E-state index in [1.165, 1.54) is 39.1 Å². The fourth-order valence-corrected chi connectivity index (χ4v) is 12.9. The number of esters is 1. The second-order valence-electron chi connectivity index (χ2n) is 20.3. The number of nitrogens with one attached hydrogen (secondary N) is 2. The van der Waals surface area contributed by atoms with Crippen LogP contribution in [0.5, 0.6) is 0 Å². The summed E-state index contributed by atoms with van der Waals surface area (Å²) in [7, 11) is 3.30. The molecule has 9 rings (SSSR count). The Balaban J connectivity index is 1.05. The number of nitrogens with zero attached hydrogens (tertiary/aromatic N) is 7. The van der Waals surface area contributed by atoms with Crippen molar-refractivity contribution in [1.29, 1.82) is 0 Å². The predicted octanol–water partition coefficient (Wildman–Crippen LogP) is 6.17. The second-order valence-corrected chi connectivity index (χ2v) is 22.7. The van der Waals surface area contributed by atoms with E-state index in [2.05, 4.69) is 66.9 Å². The topological polar surface area (TPSA) is 181 Å². The van der Waals surface area contributed by atoms with Crippen molar-refractivity contribution in [3.8, 4) is 22.5 Å². The van der Waals surface area contributed by atoms with Crippen molar-refractivity contribution in [2.45, 2.75) is 114 Å². The smallest absolute Gasteiger partial charge is 0.324 e. The molecule has 70 heavy (non-hydrogen) atoms. The second kappa shape index (κ2) is 19.3. The first-order chi connectivity index (χ1) is 33.4. The van der Waals surface area contributed by atoms with Gasteiger partial charge in [0, 0.05) is 79.2 Å². The summed E-state index contributed by atoms with van der Waals surface area (Å²) in [5.41, 5.74) is 8.46. The number of urea groups is 1. The number of aryl methyl sites for hydroxylation is 1. The number of likely N-dealkylation sites (N-methyl/N-ethyl adjacent to an activating group) is 1. The zero-order valence-corrected chi connectivity index (χ0v) is 43.0. The molecule has 374 valence electrons. The number of carbonyl (C=O) groups is 5. The Bertz CT molecular complexity index is 2710. The summed E-state index contributed by atoms with van der Waals surface area (Å²) in [6.45, 7) is 18.2. The quantitative estimate of drug-likeness (QED) is 0.111. The van der Waals surface area contributed by atoms with Crippen molar-refractivity contribution in [2.24, 2.45) is 11.3 Å². The largest absolute Gasteiger partial charge is 0.464 e. The number of aromatic nitrogens is 3. The lowest BCUT2D eigenvalue weighted by atomic mass is 9.84. The van der Waals surface area contributed by atoms with Gasteiger partial charge in [-0.3, -0.25) is 34.1 Å². The fourth-order valence-electron chi connectivity index (χ4n) is 10.7. The molecule has 2 N–H and O–H groups in total. The molecule has 0 radical (unpaired) electrons. The Morgan fingerprint density at radius 3 is 2.63 bits per heavy atom. The number of fused-ring (bicyclic) bond motifs is 6. The summed E-state index contributed by atoms with van der Waals surface area (Å²) in [5, 5.41) is 7.83. The molecule has 1 unspecified atom stereocenters. The van der Waals surface area contributed by atoms with E-state index < -0.39 is 45.2 Å². The highest BCUT2D eigenvalue weighted by atomic mass is 32.2. The zero-order chi connectivity index (χ0) is 49.9. The molecular formula is C51H65N9O8S2. The summed E-state index contributed by atoms with van der Waals surface area (Å²) in [4.78, 5) is 85.0. The molecule has 0 saturated carbocycles. The van der Waals surface area contributed by atoms with Gasteiger partial charge < -0.3 is 33.9 Å². The Hall–Kier alpha value is -5.34. The van der Waals surface area contributed by atoms with Crippen LogP contribution in [-0.4, -0.2) is 145 Å². The molecule has 5 aliphatic heterocycles. The lowest BCUT2D eigenvalue weighted by Crippen LogP contribution is -2.76. The molecule has 0 aliphatic carbocycles. The van der Waals surface area contributed by atoms with Crippen LogP contribution < -0.4 is 10.7 Å². The SMILES string of the molecule is C=CC(=O)N1CC2(C1)OCCCN2C(=O)N(C)[C@H](C(=O)N[C@@H]1SC12Cc1nc(cs1)-c1ccc3c(c1)c(c(-c1cccnc1[C@H](C)OC)n3CC)CC(C)(C)COC(=O)[C@@H]1CCCN(N1)C2=O)C(C)C. The van der Waals surface area contributed by atoms with Crippen LogP contribution in [0.25, 0.3) is 33.4 Å². The molecule has 4 aromatic rings. The number of rotatable bonds is 9. The van der Waals surface area contributed by atoms with Gasteiger partial charge in [-0.05, 0) is 81.4 Å². The van der Waals surface area contributed by atoms with Gasteiger partial charge in [0.15, 0.2) is 5.72 Å². The molecule has 3 aromatic heterocycles. The van der Waals surface area contributed by atoms with E-state index in [1.807, 2.05) is 32.2 Å². The van der Waals surface area contributed by atoms with Crippen LogP contribution in [0.1, 0.15) is 83.2 Å². The van der Waals surface area contributed by atoms with E-state index >= 15 is 4.79 Å². The standard InChI is InChI=1S/C51H65N9O8S2/c1-10-40(61)57-27-50(28-57)59(20-14-22-68-50)48(65)56(8)42(30(3)4)44(62)54-46-51(70-46)25-39-53-37(26-69-39)32-17-18-38-34(23-32)35(43(58(38)11-2)33-15-12-19-52-41(33)31(5)66-9)24-49(6,7)29-67-45(63)36-16-13-21-60(55-36)47(51)64/h10,12,15,17-19,23,26,30-31,36,42,46,55H,1,11,13-14,16,20-22,24-25,27-29H2,2-9H3,(H,54,62)/t31-,36-,42-,46+,51?/m0/s1. The number of thioether (sulfide) groups is 1. The van der Waals surface area contributed by atoms with Crippen molar-refractivity contribution in [3.05, 3.63) is 70.8 Å². The summed E-state index contributed by atoms with van der Waals surface area (Å²) >= 11 is 2.81. The molecule has 5 aliphatic rings. The lowest BCUT2D eigenvalue weighted by Gasteiger charge is -2.57. The zero-order valence-electron chi connectivity index (χ0n) is 41.4. The highest BCUT2D eigenvalue weighted by Crippen LogP contribution is 2.56. The minimum atomic E-state index is -1.16. The molecule has 5 amide bonds. The van der Waals surface area contributed by atoms with Crippen LogP contribution in [0.2, 0.25) is 0 Å². The van der Waals surface area contributed by atoms with E-state index in [0.717, 1.165) is 49.7 Å². The first-order valence-electron chi connectivity index (χ1n) is 24.4. The van der Waals surface area contributed by atoms with E-state index in [9.17, 15) is 19.2 Å². The van der Waals surface area contributed by atoms with Crippen molar-refractivity contribution in [2.75, 3.05) is 53.6 Å². The molecule has 19 heteroatoms. The van der Waals surface area contributed by atoms with Gasteiger partial charge in [0.05, 0.1) is 54.5 Å². The minimum absolute atomic E-state index is 0.140. The maximum Gasteiger partial charge on any atom is 0.324 e. The maximum atomic E-state index is 15.0. The molecule has 17 nitrogen and oxygen atoms in total. The predicted molar refractivity (Wildman–Crippen MR) is 268 cm³/mol. The molecular weight excluding hydrogens is 931 g/mol. The fraction of sp³-hybridized carbons (Fsp3) is 0.549. The molecule has 4 fully saturated rings. The summed E-state index contributed by atoms with van der Waals surface area (Å²) in [5.74, 6) is -1.64. The Kier molecular flexibility index (Phi) is 13.7. The van der Waals surface area contributed by atoms with Crippen LogP contribution in [0, 0.1) is 11.3 Å². The number of cyclic esters (lactones) is 1. The summed E-state index contributed by atoms with van der Waals surface area (Å²) in [6.07, 6.45) is 5.25. The maximum absolute atomic E-state index is 15.0. The lowest BCUT2D eigenvalue weighted by molar-refractivity contribution is -0.234. The number of hydrogen-bond acceptors (Lipinski definition) is 13. The van der Waals surface area contributed by atoms with Crippen molar-refractivity contribution >= 4 is 63.7 Å². The highest BCUT2D eigenvalue weighted by molar-refractivity contribution is 8.09. The average molecular weight is 996 g/mol. The first kappa shape index (κ1) is 49.6. The van der Waals surface area contributed by atoms with Gasteiger partial charge >= 0.3 is 12.0 Å². The van der Waals surface area contributed by atoms with Crippen LogP contribution in [-0.2, 0) is 52.8 Å². The van der Waals surface area contributed by atoms with Crippen molar-refractivity contribution in [1.82, 2.24) is 45.0 Å². The number of methoxy groups -OCH3 is 1. The van der Waals surface area contributed by atoms with Gasteiger partial charge in [0.25, 0.3) is 5.91 Å². The van der Waals surface area contributed by atoms with Gasteiger partial charge in [-0.25, -0.2) is 15.2 Å². The molecule has 5 atom stereocenters. The van der Waals surface area contributed by atoms with E-state index in [-0.39, 0.29) is 56.0 Å². The number of carbonyl (C=O) groups excluding carboxylic acids is 5. The third-order valence-corrected chi connectivity index (χ3v) is 16.8. The number of amides is 5. The van der Waals surface area contributed by atoms with Crippen LogP contribution in [0.4, 0.5) is 4.79 Å². The van der Waals surface area contributed by atoms with Gasteiger partial charge in [0.1, 0.15) is 22.2 Å². The van der Waals surface area contributed by atoms with Crippen molar-refractivity contribution < 1.29 is 38.2 Å². The van der Waals surface area contributed by atoms with Gasteiger partial charge in [0.2, 0.25) is 11.8 Å². The van der Waals surface area contributed by atoms with Crippen molar-refractivity contribution in [3.63, 3.8) is 0 Å². The number of pyridine rings is 1. The number of thiazole rings is 1. The highest BCUT2D eigenvalue weighted by Gasteiger charge is 2.65. The Labute approximate surface area is 417 Å². The average Bonchev–Trinajstić information content (AvgIpc) is 3.65. The van der Waals surface area contributed by atoms with Crippen LogP contribution in [0.3, 0.4) is 0 Å². The molecule has 1 aromatic carbocycles. The van der Waals surface area contributed by atoms with E-state index in [0.29, 0.717) is 51.9 Å². The van der Waals surface area contributed by atoms with Crippen LogP contribution in [0.15, 0.2) is 54.6 Å². The van der Waals surface area contributed by atoms with Gasteiger partial charge in [-0.1, -0.05) is 40.3 Å². The minimum Gasteiger partial charge on any atom is -0.464 e. The molecule has 4 saturated heterocycles. The summed E-state index contributed by atoms with van der Waals surface area (Å²) in [6, 6.07) is 8.44. The van der Waals surface area contributed by atoms with Gasteiger partial charge in [-0.2, -0.15) is 0 Å². The number of hydrazine groups is 1.